The summed E-state index contributed by atoms with van der Waals surface area (Å²) in [6, 6.07) is 3.65. The van der Waals surface area contributed by atoms with Gasteiger partial charge in [0, 0.05) is 25.7 Å². The largest absolute Gasteiger partial charge is 0.475 e. The first kappa shape index (κ1) is 11.4. The molecule has 3 rings (SSSR count). The minimum absolute atomic E-state index is 0.593. The molecule has 0 unspecified atom stereocenters. The molecule has 7 nitrogen and oxygen atoms in total. The van der Waals surface area contributed by atoms with Gasteiger partial charge in [0.2, 0.25) is 5.88 Å². The van der Waals surface area contributed by atoms with Gasteiger partial charge in [-0.3, -0.25) is 4.90 Å². The lowest BCUT2D eigenvalue weighted by Crippen LogP contribution is -2.38. The fourth-order valence-electron chi connectivity index (χ4n) is 1.89. The first-order chi connectivity index (χ1) is 8.92. The summed E-state index contributed by atoms with van der Waals surface area (Å²) in [6.07, 6.45) is 1.56. The van der Waals surface area contributed by atoms with E-state index >= 15 is 0 Å². The van der Waals surface area contributed by atoms with Gasteiger partial charge in [0.25, 0.3) is 0 Å². The lowest BCUT2D eigenvalue weighted by atomic mass is 10.4. The standard InChI is InChI=1S/C11H15N5O2/c1-2-11(14-16-9-12-13-10(1)16)18-8-5-15-3-6-17-7-4-15/h1-2,9H,3-8H2. The van der Waals surface area contributed by atoms with Gasteiger partial charge in [-0.15, -0.1) is 15.3 Å². The third-order valence-electron chi connectivity index (χ3n) is 2.90. The predicted octanol–water partition coefficient (Wildman–Crippen LogP) is -0.165. The smallest absolute Gasteiger partial charge is 0.231 e. The summed E-state index contributed by atoms with van der Waals surface area (Å²) >= 11 is 0. The molecular weight excluding hydrogens is 234 g/mol. The Morgan fingerprint density at radius 3 is 3.06 bits per heavy atom. The number of hydrogen-bond donors (Lipinski definition) is 0. The van der Waals surface area contributed by atoms with Crippen LogP contribution in [0.5, 0.6) is 5.88 Å². The van der Waals surface area contributed by atoms with E-state index in [4.69, 9.17) is 9.47 Å². The maximum atomic E-state index is 5.62. The van der Waals surface area contributed by atoms with Crippen LogP contribution in [0.3, 0.4) is 0 Å². The van der Waals surface area contributed by atoms with Crippen molar-refractivity contribution in [1.82, 2.24) is 24.7 Å². The molecule has 0 spiro atoms. The van der Waals surface area contributed by atoms with Crippen molar-refractivity contribution < 1.29 is 9.47 Å². The highest BCUT2D eigenvalue weighted by Crippen LogP contribution is 2.07. The molecule has 2 aromatic rings. The molecule has 7 heteroatoms. The SMILES string of the molecule is c1cc2nncn2nc1OCCN1CCOCC1. The van der Waals surface area contributed by atoms with Crippen molar-refractivity contribution in [2.45, 2.75) is 0 Å². The molecule has 0 N–H and O–H groups in total. The fourth-order valence-corrected chi connectivity index (χ4v) is 1.89. The molecule has 1 fully saturated rings. The van der Waals surface area contributed by atoms with Gasteiger partial charge in [0.05, 0.1) is 13.2 Å². The van der Waals surface area contributed by atoms with E-state index in [1.54, 1.807) is 10.8 Å². The van der Waals surface area contributed by atoms with E-state index in [1.807, 2.05) is 12.1 Å². The second-order valence-corrected chi connectivity index (χ2v) is 4.11. The third kappa shape index (κ3) is 2.57. The van der Waals surface area contributed by atoms with E-state index in [0.29, 0.717) is 12.5 Å². The highest BCUT2D eigenvalue weighted by molar-refractivity contribution is 5.35. The van der Waals surface area contributed by atoms with Crippen LogP contribution in [0.15, 0.2) is 18.5 Å². The van der Waals surface area contributed by atoms with E-state index in [0.717, 1.165) is 38.5 Å². The molecule has 1 saturated heterocycles. The lowest BCUT2D eigenvalue weighted by molar-refractivity contribution is 0.0319. The summed E-state index contributed by atoms with van der Waals surface area (Å²) < 4.78 is 12.5. The molecular formula is C11H15N5O2. The summed E-state index contributed by atoms with van der Waals surface area (Å²) in [5.41, 5.74) is 0.718. The van der Waals surface area contributed by atoms with Crippen molar-refractivity contribution >= 4 is 5.65 Å². The zero-order chi connectivity index (χ0) is 12.2. The second kappa shape index (κ2) is 5.28. The molecule has 2 aromatic heterocycles. The number of ether oxygens (including phenoxy) is 2. The molecule has 1 aliphatic rings. The maximum absolute atomic E-state index is 5.62. The second-order valence-electron chi connectivity index (χ2n) is 4.11. The summed E-state index contributed by atoms with van der Waals surface area (Å²) in [5, 5.41) is 11.9. The molecule has 0 aromatic carbocycles. The van der Waals surface area contributed by atoms with Gasteiger partial charge in [-0.05, 0) is 6.07 Å². The Labute approximate surface area is 104 Å². The average Bonchev–Trinajstić information content (AvgIpc) is 2.87. The van der Waals surface area contributed by atoms with Crippen molar-refractivity contribution in [3.63, 3.8) is 0 Å². The van der Waals surface area contributed by atoms with Gasteiger partial charge in [0.1, 0.15) is 12.9 Å². The van der Waals surface area contributed by atoms with Crippen LogP contribution < -0.4 is 4.74 Å². The normalized spacial score (nSPS) is 17.1. The molecule has 96 valence electrons. The zero-order valence-electron chi connectivity index (χ0n) is 10.0. The molecule has 3 heterocycles. The quantitative estimate of drug-likeness (QED) is 0.750. The van der Waals surface area contributed by atoms with Crippen LogP contribution in [0.4, 0.5) is 0 Å². The van der Waals surface area contributed by atoms with Crippen LogP contribution in [-0.2, 0) is 4.74 Å². The first-order valence-corrected chi connectivity index (χ1v) is 6.02. The van der Waals surface area contributed by atoms with E-state index in [2.05, 4.69) is 20.2 Å². The Hall–Kier alpha value is -1.73. The van der Waals surface area contributed by atoms with Crippen LogP contribution in [0.1, 0.15) is 0 Å². The summed E-state index contributed by atoms with van der Waals surface area (Å²) in [7, 11) is 0. The van der Waals surface area contributed by atoms with Crippen molar-refractivity contribution in [3.05, 3.63) is 18.5 Å². The number of aromatic nitrogens is 4. The summed E-state index contributed by atoms with van der Waals surface area (Å²) in [5.74, 6) is 0.593. The minimum Gasteiger partial charge on any atom is -0.475 e. The third-order valence-corrected chi connectivity index (χ3v) is 2.90. The Morgan fingerprint density at radius 2 is 2.17 bits per heavy atom. The van der Waals surface area contributed by atoms with Gasteiger partial charge >= 0.3 is 0 Å². The van der Waals surface area contributed by atoms with Crippen molar-refractivity contribution in [3.8, 4) is 5.88 Å². The maximum Gasteiger partial charge on any atom is 0.231 e. The highest BCUT2D eigenvalue weighted by atomic mass is 16.5. The Bertz CT molecular complexity index is 509. The van der Waals surface area contributed by atoms with E-state index < -0.39 is 0 Å². The van der Waals surface area contributed by atoms with Gasteiger partial charge in [0.15, 0.2) is 5.65 Å². The number of rotatable bonds is 4. The van der Waals surface area contributed by atoms with Gasteiger partial charge < -0.3 is 9.47 Å². The van der Waals surface area contributed by atoms with Crippen molar-refractivity contribution in [2.24, 2.45) is 0 Å². The predicted molar refractivity (Wildman–Crippen MR) is 63.5 cm³/mol. The van der Waals surface area contributed by atoms with E-state index in [9.17, 15) is 0 Å². The topological polar surface area (TPSA) is 64.8 Å². The van der Waals surface area contributed by atoms with Crippen LogP contribution in [-0.4, -0.2) is 64.2 Å². The van der Waals surface area contributed by atoms with Crippen LogP contribution >= 0.6 is 0 Å². The number of hydrogen-bond acceptors (Lipinski definition) is 6. The minimum atomic E-state index is 0.593. The monoisotopic (exact) mass is 249 g/mol. The van der Waals surface area contributed by atoms with Gasteiger partial charge in [-0.25, -0.2) is 0 Å². The average molecular weight is 249 g/mol. The zero-order valence-corrected chi connectivity index (χ0v) is 10.0. The van der Waals surface area contributed by atoms with Gasteiger partial charge in [-0.2, -0.15) is 4.52 Å². The van der Waals surface area contributed by atoms with Gasteiger partial charge in [-0.1, -0.05) is 0 Å². The van der Waals surface area contributed by atoms with E-state index in [1.165, 1.54) is 0 Å². The molecule has 0 atom stereocenters. The van der Waals surface area contributed by atoms with Crippen LogP contribution in [0.2, 0.25) is 0 Å². The molecule has 0 radical (unpaired) electrons. The fraction of sp³-hybridized carbons (Fsp3) is 0.545. The van der Waals surface area contributed by atoms with Crippen LogP contribution in [0.25, 0.3) is 5.65 Å². The molecule has 0 amide bonds. The molecule has 0 aliphatic carbocycles. The van der Waals surface area contributed by atoms with Crippen molar-refractivity contribution in [1.29, 1.82) is 0 Å². The number of fused-ring (bicyclic) bond motifs is 1. The summed E-state index contributed by atoms with van der Waals surface area (Å²) in [6.45, 7) is 5.09. The van der Waals surface area contributed by atoms with E-state index in [-0.39, 0.29) is 0 Å². The molecule has 18 heavy (non-hydrogen) atoms. The Balaban J connectivity index is 1.52. The number of nitrogens with zero attached hydrogens (tertiary/aromatic N) is 5. The van der Waals surface area contributed by atoms with Crippen molar-refractivity contribution in [2.75, 3.05) is 39.5 Å². The highest BCUT2D eigenvalue weighted by Gasteiger charge is 2.10. The molecule has 0 saturated carbocycles. The first-order valence-electron chi connectivity index (χ1n) is 6.02. The van der Waals surface area contributed by atoms with Crippen LogP contribution in [0, 0.1) is 0 Å². The number of morpholine rings is 1. The Kier molecular flexibility index (Phi) is 3.33. The molecule has 1 aliphatic heterocycles. The summed E-state index contributed by atoms with van der Waals surface area (Å²) in [4.78, 5) is 2.32. The Morgan fingerprint density at radius 1 is 1.28 bits per heavy atom. The lowest BCUT2D eigenvalue weighted by Gasteiger charge is -2.26. The molecule has 0 bridgehead atoms.